The molecule has 1 saturated carbocycles. The number of nitrogens with zero attached hydrogens (tertiary/aromatic N) is 2. The van der Waals surface area contributed by atoms with Gasteiger partial charge in [0.2, 0.25) is 5.88 Å². The SMILES string of the molecule is COCCN(CC(=O)O)C(=O)c1cnc(OCC2CC2)c(Cl)c1. The van der Waals surface area contributed by atoms with Crippen molar-refractivity contribution in [3.05, 3.63) is 22.8 Å². The fourth-order valence-corrected chi connectivity index (χ4v) is 2.15. The second kappa shape index (κ2) is 8.12. The minimum absolute atomic E-state index is 0.166. The van der Waals surface area contributed by atoms with Crippen molar-refractivity contribution in [2.75, 3.05) is 33.4 Å². The van der Waals surface area contributed by atoms with Gasteiger partial charge in [0.15, 0.2) is 0 Å². The third-order valence-electron chi connectivity index (χ3n) is 3.39. The quantitative estimate of drug-likeness (QED) is 0.734. The molecule has 0 bridgehead atoms. The molecule has 126 valence electrons. The van der Waals surface area contributed by atoms with Gasteiger partial charge in [-0.25, -0.2) is 4.98 Å². The first-order valence-corrected chi connectivity index (χ1v) is 7.67. The number of hydrogen-bond donors (Lipinski definition) is 1. The molecule has 1 aromatic heterocycles. The molecule has 23 heavy (non-hydrogen) atoms. The average Bonchev–Trinajstić information content (AvgIpc) is 3.33. The van der Waals surface area contributed by atoms with E-state index < -0.39 is 18.4 Å². The third kappa shape index (κ3) is 5.37. The summed E-state index contributed by atoms with van der Waals surface area (Å²) in [5.74, 6) is -0.712. The number of pyridine rings is 1. The van der Waals surface area contributed by atoms with E-state index in [1.165, 1.54) is 24.3 Å². The Morgan fingerprint density at radius 1 is 1.48 bits per heavy atom. The minimum Gasteiger partial charge on any atom is -0.480 e. The number of hydrogen-bond acceptors (Lipinski definition) is 5. The average molecular weight is 343 g/mol. The monoisotopic (exact) mass is 342 g/mol. The van der Waals surface area contributed by atoms with E-state index in [4.69, 9.17) is 26.2 Å². The minimum atomic E-state index is -1.10. The smallest absolute Gasteiger partial charge is 0.323 e. The number of rotatable bonds is 9. The molecule has 7 nitrogen and oxygen atoms in total. The zero-order valence-corrected chi connectivity index (χ0v) is 13.6. The van der Waals surface area contributed by atoms with Crippen LogP contribution in [-0.2, 0) is 9.53 Å². The molecule has 8 heteroatoms. The summed E-state index contributed by atoms with van der Waals surface area (Å²) in [6.45, 7) is 0.556. The van der Waals surface area contributed by atoms with Crippen LogP contribution < -0.4 is 4.74 Å². The van der Waals surface area contributed by atoms with Gasteiger partial charge in [0.1, 0.15) is 11.6 Å². The van der Waals surface area contributed by atoms with E-state index in [2.05, 4.69) is 4.98 Å². The highest BCUT2D eigenvalue weighted by Crippen LogP contribution is 2.31. The molecule has 0 aliphatic heterocycles. The van der Waals surface area contributed by atoms with Crippen molar-refractivity contribution in [1.82, 2.24) is 9.88 Å². The van der Waals surface area contributed by atoms with Crippen molar-refractivity contribution in [1.29, 1.82) is 0 Å². The summed E-state index contributed by atoms with van der Waals surface area (Å²) in [6, 6.07) is 1.45. The van der Waals surface area contributed by atoms with Crippen LogP contribution >= 0.6 is 11.6 Å². The molecule has 1 amide bonds. The molecule has 1 aromatic rings. The number of carbonyl (C=O) groups excluding carboxylic acids is 1. The van der Waals surface area contributed by atoms with E-state index in [0.29, 0.717) is 12.5 Å². The van der Waals surface area contributed by atoms with Crippen LogP contribution in [0.4, 0.5) is 0 Å². The molecule has 1 aliphatic carbocycles. The Morgan fingerprint density at radius 2 is 2.22 bits per heavy atom. The van der Waals surface area contributed by atoms with Gasteiger partial charge in [0.05, 0.1) is 18.8 Å². The molecule has 2 rings (SSSR count). The maximum atomic E-state index is 12.4. The summed E-state index contributed by atoms with van der Waals surface area (Å²) in [4.78, 5) is 28.5. The molecule has 1 N–H and O–H groups in total. The van der Waals surface area contributed by atoms with Gasteiger partial charge in [0, 0.05) is 19.9 Å². The van der Waals surface area contributed by atoms with Crippen LogP contribution in [0.25, 0.3) is 0 Å². The first-order chi connectivity index (χ1) is 11.0. The van der Waals surface area contributed by atoms with E-state index in [-0.39, 0.29) is 29.6 Å². The van der Waals surface area contributed by atoms with Gasteiger partial charge in [-0.1, -0.05) is 11.6 Å². The third-order valence-corrected chi connectivity index (χ3v) is 3.66. The van der Waals surface area contributed by atoms with Crippen molar-refractivity contribution in [3.8, 4) is 5.88 Å². The molecule has 0 unspecified atom stereocenters. The maximum Gasteiger partial charge on any atom is 0.323 e. The van der Waals surface area contributed by atoms with Crippen LogP contribution in [0.3, 0.4) is 0 Å². The number of aromatic nitrogens is 1. The van der Waals surface area contributed by atoms with E-state index in [1.807, 2.05) is 0 Å². The fraction of sp³-hybridized carbons (Fsp3) is 0.533. The lowest BCUT2D eigenvalue weighted by atomic mass is 10.2. The summed E-state index contributed by atoms with van der Waals surface area (Å²) >= 11 is 6.09. The molecule has 0 radical (unpaired) electrons. The maximum absolute atomic E-state index is 12.4. The molecular weight excluding hydrogens is 324 g/mol. The fourth-order valence-electron chi connectivity index (χ4n) is 1.93. The number of carbonyl (C=O) groups is 2. The van der Waals surface area contributed by atoms with Crippen LogP contribution in [0.15, 0.2) is 12.3 Å². The topological polar surface area (TPSA) is 89.0 Å². The Hall–Kier alpha value is -1.86. The van der Waals surface area contributed by atoms with Crippen molar-refractivity contribution in [2.45, 2.75) is 12.8 Å². The Balaban J connectivity index is 2.05. The van der Waals surface area contributed by atoms with Crippen molar-refractivity contribution in [2.24, 2.45) is 5.92 Å². The zero-order chi connectivity index (χ0) is 16.8. The summed E-state index contributed by atoms with van der Waals surface area (Å²) < 4.78 is 10.4. The van der Waals surface area contributed by atoms with Gasteiger partial charge in [-0.05, 0) is 24.8 Å². The standard InChI is InChI=1S/C15H19ClN2O5/c1-22-5-4-18(8-13(19)20)15(21)11-6-12(16)14(17-7-11)23-9-10-2-3-10/h6-7,10H,2-5,8-9H2,1H3,(H,19,20). The molecular formula is C15H19ClN2O5. The lowest BCUT2D eigenvalue weighted by molar-refractivity contribution is -0.137. The van der Waals surface area contributed by atoms with Gasteiger partial charge < -0.3 is 19.5 Å². The number of aliphatic carboxylic acids is 1. The second-order valence-electron chi connectivity index (χ2n) is 5.38. The van der Waals surface area contributed by atoms with Crippen molar-refractivity contribution < 1.29 is 24.2 Å². The van der Waals surface area contributed by atoms with Crippen molar-refractivity contribution >= 4 is 23.5 Å². The van der Waals surface area contributed by atoms with E-state index in [1.54, 1.807) is 0 Å². The largest absolute Gasteiger partial charge is 0.480 e. The number of halogens is 1. The highest BCUT2D eigenvalue weighted by Gasteiger charge is 2.23. The normalized spacial score (nSPS) is 13.7. The Kier molecular flexibility index (Phi) is 6.18. The lowest BCUT2D eigenvalue weighted by Crippen LogP contribution is -2.38. The van der Waals surface area contributed by atoms with Crippen LogP contribution in [0.2, 0.25) is 5.02 Å². The molecule has 0 spiro atoms. The van der Waals surface area contributed by atoms with Crippen LogP contribution in [0.1, 0.15) is 23.2 Å². The molecule has 1 fully saturated rings. The van der Waals surface area contributed by atoms with E-state index in [9.17, 15) is 9.59 Å². The molecule has 0 aromatic carbocycles. The Labute approximate surface area is 139 Å². The zero-order valence-electron chi connectivity index (χ0n) is 12.8. The Bertz CT molecular complexity index is 577. The van der Waals surface area contributed by atoms with Crippen LogP contribution in [0.5, 0.6) is 5.88 Å². The van der Waals surface area contributed by atoms with Gasteiger partial charge in [-0.15, -0.1) is 0 Å². The highest BCUT2D eigenvalue weighted by atomic mass is 35.5. The van der Waals surface area contributed by atoms with Crippen LogP contribution in [0, 0.1) is 5.92 Å². The number of carboxylic acids is 1. The number of amides is 1. The van der Waals surface area contributed by atoms with Gasteiger partial charge in [-0.2, -0.15) is 0 Å². The van der Waals surface area contributed by atoms with Gasteiger partial charge in [-0.3, -0.25) is 9.59 Å². The summed E-state index contributed by atoms with van der Waals surface area (Å²) in [7, 11) is 1.48. The first-order valence-electron chi connectivity index (χ1n) is 7.29. The molecule has 0 saturated heterocycles. The van der Waals surface area contributed by atoms with Crippen LogP contribution in [-0.4, -0.2) is 60.3 Å². The number of ether oxygens (including phenoxy) is 2. The molecule has 1 heterocycles. The predicted molar refractivity (Wildman–Crippen MR) is 82.9 cm³/mol. The summed E-state index contributed by atoms with van der Waals surface area (Å²) in [5.41, 5.74) is 0.214. The second-order valence-corrected chi connectivity index (χ2v) is 5.79. The van der Waals surface area contributed by atoms with Crippen molar-refractivity contribution in [3.63, 3.8) is 0 Å². The van der Waals surface area contributed by atoms with Gasteiger partial charge >= 0.3 is 5.97 Å². The lowest BCUT2D eigenvalue weighted by Gasteiger charge is -2.20. The Morgan fingerprint density at radius 3 is 2.78 bits per heavy atom. The van der Waals surface area contributed by atoms with Gasteiger partial charge in [0.25, 0.3) is 5.91 Å². The molecule has 1 aliphatic rings. The van der Waals surface area contributed by atoms with E-state index >= 15 is 0 Å². The first kappa shape index (κ1) is 17.5. The number of methoxy groups -OCH3 is 1. The highest BCUT2D eigenvalue weighted by molar-refractivity contribution is 6.32. The summed E-state index contributed by atoms with van der Waals surface area (Å²) in [5, 5.41) is 9.14. The molecule has 0 atom stereocenters. The predicted octanol–water partition coefficient (Wildman–Crippen LogP) is 1.70. The number of carboxylic acid groups (broad SMARTS) is 1. The van der Waals surface area contributed by atoms with E-state index in [0.717, 1.165) is 12.8 Å². The summed E-state index contributed by atoms with van der Waals surface area (Å²) in [6.07, 6.45) is 3.65.